The highest BCUT2D eigenvalue weighted by atomic mass is 35.5. The normalized spacial score (nSPS) is 24.8. The Kier molecular flexibility index (Phi) is 7.25. The molecule has 0 aliphatic carbocycles. The van der Waals surface area contributed by atoms with Gasteiger partial charge < -0.3 is 10.2 Å². The lowest BCUT2D eigenvalue weighted by molar-refractivity contribution is -0.155. The Morgan fingerprint density at radius 2 is 2.15 bits per heavy atom. The van der Waals surface area contributed by atoms with E-state index >= 15 is 0 Å². The zero-order valence-electron chi connectivity index (χ0n) is 14.4. The topological polar surface area (TPSA) is 48.5 Å². The number of amides is 1. The van der Waals surface area contributed by atoms with E-state index in [1.165, 1.54) is 4.90 Å². The largest absolute Gasteiger partial charge is 0.401 e. The maximum atomic E-state index is 13.0. The third-order valence-electron chi connectivity index (χ3n) is 4.85. The Morgan fingerprint density at radius 1 is 1.35 bits per heavy atom. The molecule has 3 heterocycles. The molecule has 2 saturated heterocycles. The van der Waals surface area contributed by atoms with Gasteiger partial charge in [-0.2, -0.15) is 13.2 Å². The highest BCUT2D eigenvalue weighted by molar-refractivity contribution is 5.85. The van der Waals surface area contributed by atoms with Crippen LogP contribution in [0.2, 0.25) is 0 Å². The number of likely N-dealkylation sites (tertiary alicyclic amines) is 1. The minimum absolute atomic E-state index is 0. The summed E-state index contributed by atoms with van der Waals surface area (Å²) in [4.78, 5) is 20.3. The number of aromatic nitrogens is 1. The van der Waals surface area contributed by atoms with Crippen molar-refractivity contribution >= 4 is 18.3 Å². The van der Waals surface area contributed by atoms with Crippen molar-refractivity contribution in [3.63, 3.8) is 0 Å². The number of nitrogens with zero attached hydrogens (tertiary/aromatic N) is 3. The monoisotopic (exact) mass is 392 g/mol. The minimum Gasteiger partial charge on any atom is -0.333 e. The van der Waals surface area contributed by atoms with E-state index in [2.05, 4.69) is 10.3 Å². The van der Waals surface area contributed by atoms with Crippen LogP contribution in [-0.2, 0) is 4.79 Å². The SMILES string of the molecule is Cl.O=C(C1CCCN(CC(F)(F)F)C1)N1CCNCC1c1cccnc1. The van der Waals surface area contributed by atoms with Crippen LogP contribution in [0.25, 0.3) is 0 Å². The number of piperidine rings is 1. The van der Waals surface area contributed by atoms with Crippen LogP contribution in [0.4, 0.5) is 13.2 Å². The zero-order valence-corrected chi connectivity index (χ0v) is 15.2. The second kappa shape index (κ2) is 9.01. The summed E-state index contributed by atoms with van der Waals surface area (Å²) in [6, 6.07) is 3.65. The molecule has 1 aromatic heterocycles. The third kappa shape index (κ3) is 5.31. The van der Waals surface area contributed by atoms with Crippen LogP contribution >= 0.6 is 12.4 Å². The first-order valence-electron chi connectivity index (χ1n) is 8.64. The van der Waals surface area contributed by atoms with Crippen molar-refractivity contribution < 1.29 is 18.0 Å². The minimum atomic E-state index is -4.22. The first-order chi connectivity index (χ1) is 11.9. The maximum Gasteiger partial charge on any atom is 0.401 e. The molecule has 2 fully saturated rings. The van der Waals surface area contributed by atoms with Gasteiger partial charge in [-0.25, -0.2) is 0 Å². The van der Waals surface area contributed by atoms with Gasteiger partial charge in [-0.05, 0) is 31.0 Å². The van der Waals surface area contributed by atoms with Gasteiger partial charge in [0, 0.05) is 38.6 Å². The summed E-state index contributed by atoms with van der Waals surface area (Å²) in [6.45, 7) is 1.54. The summed E-state index contributed by atoms with van der Waals surface area (Å²) in [6.07, 6.45) is 0.474. The van der Waals surface area contributed by atoms with Crippen molar-refractivity contribution in [2.45, 2.75) is 25.1 Å². The predicted octanol–water partition coefficient (Wildman–Crippen LogP) is 2.25. The first kappa shape index (κ1) is 20.9. The number of hydrogen-bond acceptors (Lipinski definition) is 4. The van der Waals surface area contributed by atoms with Gasteiger partial charge in [0.05, 0.1) is 18.5 Å². The summed E-state index contributed by atoms with van der Waals surface area (Å²) >= 11 is 0. The Hall–Kier alpha value is -1.38. The van der Waals surface area contributed by atoms with Crippen molar-refractivity contribution in [1.29, 1.82) is 0 Å². The molecule has 0 bridgehead atoms. The van der Waals surface area contributed by atoms with Gasteiger partial charge in [0.2, 0.25) is 5.91 Å². The highest BCUT2D eigenvalue weighted by Crippen LogP contribution is 2.28. The molecule has 0 radical (unpaired) electrons. The van der Waals surface area contributed by atoms with Crippen LogP contribution in [0.15, 0.2) is 24.5 Å². The molecule has 146 valence electrons. The van der Waals surface area contributed by atoms with Crippen molar-refractivity contribution in [2.75, 3.05) is 39.3 Å². The number of rotatable bonds is 3. The zero-order chi connectivity index (χ0) is 17.9. The van der Waals surface area contributed by atoms with Crippen molar-refractivity contribution in [3.05, 3.63) is 30.1 Å². The maximum absolute atomic E-state index is 13.0. The molecule has 26 heavy (non-hydrogen) atoms. The Labute approximate surface area is 157 Å². The standard InChI is InChI=1S/C17H23F3N4O.ClH/c18-17(19,20)12-23-7-2-4-14(11-23)16(25)24-8-6-22-10-15(24)13-3-1-5-21-9-13;/h1,3,5,9,14-15,22H,2,4,6-8,10-12H2;1H. The van der Waals surface area contributed by atoms with Crippen LogP contribution in [0, 0.1) is 5.92 Å². The lowest BCUT2D eigenvalue weighted by Crippen LogP contribution is -2.53. The highest BCUT2D eigenvalue weighted by Gasteiger charge is 2.37. The van der Waals surface area contributed by atoms with Crippen LogP contribution in [0.1, 0.15) is 24.4 Å². The average molecular weight is 393 g/mol. The summed E-state index contributed by atoms with van der Waals surface area (Å²) in [5.41, 5.74) is 0.950. The molecule has 0 saturated carbocycles. The molecule has 2 aliphatic rings. The van der Waals surface area contributed by atoms with Crippen LogP contribution in [0.3, 0.4) is 0 Å². The number of carbonyl (C=O) groups excluding carboxylic acids is 1. The Balaban J connectivity index is 0.00000243. The van der Waals surface area contributed by atoms with E-state index in [9.17, 15) is 18.0 Å². The van der Waals surface area contributed by atoms with Crippen molar-refractivity contribution in [2.24, 2.45) is 5.92 Å². The van der Waals surface area contributed by atoms with Crippen LogP contribution < -0.4 is 5.32 Å². The van der Waals surface area contributed by atoms with E-state index in [1.54, 1.807) is 12.4 Å². The fourth-order valence-electron chi connectivity index (χ4n) is 3.73. The second-order valence-electron chi connectivity index (χ2n) is 6.73. The van der Waals surface area contributed by atoms with Crippen LogP contribution in [0.5, 0.6) is 0 Å². The molecule has 2 atom stereocenters. The molecule has 3 rings (SSSR count). The summed E-state index contributed by atoms with van der Waals surface area (Å²) in [5.74, 6) is -0.407. The number of hydrogen-bond donors (Lipinski definition) is 1. The Bertz CT molecular complexity index is 587. The van der Waals surface area contributed by atoms with Crippen molar-refractivity contribution in [1.82, 2.24) is 20.1 Å². The van der Waals surface area contributed by atoms with E-state index in [0.29, 0.717) is 39.0 Å². The second-order valence-corrected chi connectivity index (χ2v) is 6.73. The van der Waals surface area contributed by atoms with E-state index < -0.39 is 12.7 Å². The molecular weight excluding hydrogens is 369 g/mol. The number of carbonyl (C=O) groups is 1. The van der Waals surface area contributed by atoms with E-state index in [4.69, 9.17) is 0 Å². The van der Waals surface area contributed by atoms with Crippen molar-refractivity contribution in [3.8, 4) is 0 Å². The van der Waals surface area contributed by atoms with Gasteiger partial charge in [-0.1, -0.05) is 6.07 Å². The molecule has 0 spiro atoms. The quantitative estimate of drug-likeness (QED) is 0.857. The summed E-state index contributed by atoms with van der Waals surface area (Å²) < 4.78 is 38.0. The van der Waals surface area contributed by atoms with Gasteiger partial charge in [0.1, 0.15) is 0 Å². The number of nitrogens with one attached hydrogen (secondary N) is 1. The fourth-order valence-corrected chi connectivity index (χ4v) is 3.73. The smallest absolute Gasteiger partial charge is 0.333 e. The fraction of sp³-hybridized carbons (Fsp3) is 0.647. The van der Waals surface area contributed by atoms with Gasteiger partial charge in [-0.15, -0.1) is 12.4 Å². The van der Waals surface area contributed by atoms with E-state index in [0.717, 1.165) is 5.56 Å². The lowest BCUT2D eigenvalue weighted by Gasteiger charge is -2.40. The molecule has 5 nitrogen and oxygen atoms in total. The number of pyridine rings is 1. The molecule has 2 unspecified atom stereocenters. The first-order valence-corrected chi connectivity index (χ1v) is 8.64. The molecular formula is C17H24ClF3N4O. The van der Waals surface area contributed by atoms with E-state index in [1.807, 2.05) is 17.0 Å². The number of piperazine rings is 1. The van der Waals surface area contributed by atoms with Gasteiger partial charge >= 0.3 is 6.18 Å². The summed E-state index contributed by atoms with van der Waals surface area (Å²) in [5, 5.41) is 3.28. The molecule has 2 aliphatic heterocycles. The lowest BCUT2D eigenvalue weighted by atomic mass is 9.94. The average Bonchev–Trinajstić information content (AvgIpc) is 2.61. The molecule has 9 heteroatoms. The van der Waals surface area contributed by atoms with Gasteiger partial charge in [0.15, 0.2) is 0 Å². The predicted molar refractivity (Wildman–Crippen MR) is 94.0 cm³/mol. The molecule has 1 aromatic rings. The molecule has 1 N–H and O–H groups in total. The Morgan fingerprint density at radius 3 is 2.85 bits per heavy atom. The van der Waals surface area contributed by atoms with Gasteiger partial charge in [0.25, 0.3) is 0 Å². The molecule has 1 amide bonds. The number of alkyl halides is 3. The molecule has 0 aromatic carbocycles. The van der Waals surface area contributed by atoms with E-state index in [-0.39, 0.29) is 36.8 Å². The third-order valence-corrected chi connectivity index (χ3v) is 4.85. The number of halogens is 4. The van der Waals surface area contributed by atoms with Crippen LogP contribution in [-0.4, -0.2) is 66.1 Å². The van der Waals surface area contributed by atoms with Gasteiger partial charge in [-0.3, -0.25) is 14.7 Å². The summed E-state index contributed by atoms with van der Waals surface area (Å²) in [7, 11) is 0.